The Morgan fingerprint density at radius 1 is 0.680 bits per heavy atom. The first kappa shape index (κ1) is 20.5. The standard InChI is InChI=1S/C25H42/c1-3-5-7-8-9-11-13-23-16-20-25(21-17-23)24-18-14-22(15-19-24)12-10-6-4-2/h16-17,20-22,24H,3-15,18-19H2,1-2H3. The Hall–Kier alpha value is -0.780. The summed E-state index contributed by atoms with van der Waals surface area (Å²) in [5.74, 6) is 1.86. The van der Waals surface area contributed by atoms with Gasteiger partial charge in [0, 0.05) is 0 Å². The van der Waals surface area contributed by atoms with Gasteiger partial charge in [0.2, 0.25) is 0 Å². The number of unbranched alkanes of at least 4 members (excludes halogenated alkanes) is 7. The fourth-order valence-corrected chi connectivity index (χ4v) is 4.53. The van der Waals surface area contributed by atoms with E-state index in [1.807, 2.05) is 0 Å². The van der Waals surface area contributed by atoms with Gasteiger partial charge < -0.3 is 0 Å². The first-order valence-electron chi connectivity index (χ1n) is 11.4. The number of rotatable bonds is 12. The fourth-order valence-electron chi connectivity index (χ4n) is 4.53. The van der Waals surface area contributed by atoms with Gasteiger partial charge in [-0.05, 0) is 61.5 Å². The van der Waals surface area contributed by atoms with E-state index in [4.69, 9.17) is 0 Å². The maximum atomic E-state index is 2.44. The van der Waals surface area contributed by atoms with Crippen molar-refractivity contribution in [3.63, 3.8) is 0 Å². The van der Waals surface area contributed by atoms with Gasteiger partial charge in [0.25, 0.3) is 0 Å². The van der Waals surface area contributed by atoms with Crippen molar-refractivity contribution in [3.05, 3.63) is 35.4 Å². The lowest BCUT2D eigenvalue weighted by atomic mass is 9.77. The molecule has 1 aliphatic carbocycles. The van der Waals surface area contributed by atoms with Crippen LogP contribution in [0.5, 0.6) is 0 Å². The van der Waals surface area contributed by atoms with Crippen molar-refractivity contribution in [2.24, 2.45) is 5.92 Å². The molecule has 0 aliphatic heterocycles. The van der Waals surface area contributed by atoms with E-state index in [0.29, 0.717) is 0 Å². The van der Waals surface area contributed by atoms with E-state index < -0.39 is 0 Å². The molecule has 25 heavy (non-hydrogen) atoms. The predicted octanol–water partition coefficient (Wildman–Crippen LogP) is 8.44. The van der Waals surface area contributed by atoms with Crippen LogP contribution in [0.3, 0.4) is 0 Å². The van der Waals surface area contributed by atoms with Crippen molar-refractivity contribution >= 4 is 0 Å². The molecule has 0 heteroatoms. The molecule has 0 N–H and O–H groups in total. The molecule has 2 rings (SSSR count). The van der Waals surface area contributed by atoms with Gasteiger partial charge >= 0.3 is 0 Å². The van der Waals surface area contributed by atoms with E-state index >= 15 is 0 Å². The Bertz CT molecular complexity index is 422. The lowest BCUT2D eigenvalue weighted by molar-refractivity contribution is 0.303. The van der Waals surface area contributed by atoms with Crippen LogP contribution in [-0.2, 0) is 6.42 Å². The van der Waals surface area contributed by atoms with Gasteiger partial charge in [-0.25, -0.2) is 0 Å². The zero-order chi connectivity index (χ0) is 17.7. The summed E-state index contributed by atoms with van der Waals surface area (Å²) < 4.78 is 0. The average molecular weight is 343 g/mol. The molecule has 0 unspecified atom stereocenters. The zero-order valence-electron chi connectivity index (χ0n) is 17.1. The van der Waals surface area contributed by atoms with Crippen LogP contribution in [0.1, 0.15) is 121 Å². The molecular weight excluding hydrogens is 300 g/mol. The summed E-state index contributed by atoms with van der Waals surface area (Å²) in [6.45, 7) is 4.60. The normalized spacial score (nSPS) is 20.7. The third-order valence-electron chi connectivity index (χ3n) is 6.33. The van der Waals surface area contributed by atoms with Crippen LogP contribution in [0.15, 0.2) is 24.3 Å². The van der Waals surface area contributed by atoms with E-state index in [1.54, 1.807) is 11.1 Å². The minimum Gasteiger partial charge on any atom is -0.0654 e. The molecule has 1 aromatic rings. The number of benzene rings is 1. The highest BCUT2D eigenvalue weighted by Gasteiger charge is 2.21. The van der Waals surface area contributed by atoms with E-state index in [9.17, 15) is 0 Å². The van der Waals surface area contributed by atoms with Gasteiger partial charge in [-0.15, -0.1) is 0 Å². The van der Waals surface area contributed by atoms with Crippen LogP contribution in [0, 0.1) is 5.92 Å². The molecule has 0 atom stereocenters. The molecule has 0 heterocycles. The molecule has 1 saturated carbocycles. The van der Waals surface area contributed by atoms with Crippen LogP contribution in [0.2, 0.25) is 0 Å². The summed E-state index contributed by atoms with van der Waals surface area (Å²) in [6, 6.07) is 9.70. The third-order valence-corrected chi connectivity index (χ3v) is 6.33. The summed E-state index contributed by atoms with van der Waals surface area (Å²) in [7, 11) is 0. The Labute approximate surface area is 157 Å². The highest BCUT2D eigenvalue weighted by molar-refractivity contribution is 5.25. The first-order chi connectivity index (χ1) is 12.3. The quantitative estimate of drug-likeness (QED) is 0.334. The van der Waals surface area contributed by atoms with Crippen molar-refractivity contribution in [1.29, 1.82) is 0 Å². The molecule has 0 amide bonds. The van der Waals surface area contributed by atoms with Crippen molar-refractivity contribution in [2.45, 2.75) is 116 Å². The molecular formula is C25H42. The molecule has 0 nitrogen and oxygen atoms in total. The average Bonchev–Trinajstić information content (AvgIpc) is 2.66. The minimum atomic E-state index is 0.838. The number of hydrogen-bond acceptors (Lipinski definition) is 0. The van der Waals surface area contributed by atoms with Crippen molar-refractivity contribution in [1.82, 2.24) is 0 Å². The van der Waals surface area contributed by atoms with Crippen LogP contribution < -0.4 is 0 Å². The van der Waals surface area contributed by atoms with E-state index in [1.165, 1.54) is 96.3 Å². The fraction of sp³-hybridized carbons (Fsp3) is 0.760. The second kappa shape index (κ2) is 12.6. The van der Waals surface area contributed by atoms with Gasteiger partial charge in [-0.2, -0.15) is 0 Å². The SMILES string of the molecule is CCCCCCCCc1ccc(C2CCC(CCCCC)CC2)cc1. The monoisotopic (exact) mass is 342 g/mol. The molecule has 0 spiro atoms. The second-order valence-corrected chi connectivity index (χ2v) is 8.47. The second-order valence-electron chi connectivity index (χ2n) is 8.47. The summed E-state index contributed by atoms with van der Waals surface area (Å²) >= 11 is 0. The summed E-state index contributed by atoms with van der Waals surface area (Å²) in [5.41, 5.74) is 3.16. The Morgan fingerprint density at radius 2 is 1.28 bits per heavy atom. The molecule has 0 aromatic heterocycles. The smallest absolute Gasteiger partial charge is 0.0162 e. The number of aryl methyl sites for hydroxylation is 1. The summed E-state index contributed by atoms with van der Waals surface area (Å²) in [5, 5.41) is 0. The Balaban J connectivity index is 1.65. The van der Waals surface area contributed by atoms with E-state index in [2.05, 4.69) is 38.1 Å². The van der Waals surface area contributed by atoms with Crippen LogP contribution in [0.25, 0.3) is 0 Å². The van der Waals surface area contributed by atoms with Gasteiger partial charge in [0.15, 0.2) is 0 Å². The Kier molecular flexibility index (Phi) is 10.3. The van der Waals surface area contributed by atoms with Crippen molar-refractivity contribution in [2.75, 3.05) is 0 Å². The molecule has 1 aromatic carbocycles. The maximum absolute atomic E-state index is 2.44. The first-order valence-corrected chi connectivity index (χ1v) is 11.4. The zero-order valence-corrected chi connectivity index (χ0v) is 17.1. The third kappa shape index (κ3) is 7.97. The van der Waals surface area contributed by atoms with Crippen molar-refractivity contribution < 1.29 is 0 Å². The molecule has 1 fully saturated rings. The molecule has 142 valence electrons. The highest BCUT2D eigenvalue weighted by Crippen LogP contribution is 2.37. The van der Waals surface area contributed by atoms with Crippen molar-refractivity contribution in [3.8, 4) is 0 Å². The lowest BCUT2D eigenvalue weighted by Crippen LogP contribution is -2.13. The molecule has 0 radical (unpaired) electrons. The van der Waals surface area contributed by atoms with Gasteiger partial charge in [0.1, 0.15) is 0 Å². The van der Waals surface area contributed by atoms with Crippen LogP contribution in [-0.4, -0.2) is 0 Å². The number of hydrogen-bond donors (Lipinski definition) is 0. The van der Waals surface area contributed by atoms with Gasteiger partial charge in [-0.3, -0.25) is 0 Å². The van der Waals surface area contributed by atoms with E-state index in [-0.39, 0.29) is 0 Å². The maximum Gasteiger partial charge on any atom is -0.0162 e. The predicted molar refractivity (Wildman–Crippen MR) is 112 cm³/mol. The summed E-state index contributed by atoms with van der Waals surface area (Å²) in [4.78, 5) is 0. The lowest BCUT2D eigenvalue weighted by Gasteiger charge is -2.29. The topological polar surface area (TPSA) is 0 Å². The van der Waals surface area contributed by atoms with Crippen LogP contribution >= 0.6 is 0 Å². The summed E-state index contributed by atoms with van der Waals surface area (Å²) in [6.07, 6.45) is 21.2. The highest BCUT2D eigenvalue weighted by atomic mass is 14.3. The molecule has 0 bridgehead atoms. The minimum absolute atomic E-state index is 0.838. The van der Waals surface area contributed by atoms with Crippen LogP contribution in [0.4, 0.5) is 0 Å². The van der Waals surface area contributed by atoms with Gasteiger partial charge in [-0.1, -0.05) is 95.9 Å². The Morgan fingerprint density at radius 3 is 1.96 bits per heavy atom. The van der Waals surface area contributed by atoms with Gasteiger partial charge in [0.05, 0.1) is 0 Å². The molecule has 1 aliphatic rings. The molecule has 0 saturated heterocycles. The largest absolute Gasteiger partial charge is 0.0654 e. The van der Waals surface area contributed by atoms with E-state index in [0.717, 1.165) is 11.8 Å².